The first-order valence-electron chi connectivity index (χ1n) is 8.96. The molecule has 1 aliphatic carbocycles. The molecule has 6 heteroatoms. The Balaban J connectivity index is 1.43. The van der Waals surface area contributed by atoms with Crippen LogP contribution in [-0.2, 0) is 17.5 Å². The maximum atomic E-state index is 12.6. The Labute approximate surface area is 146 Å². The molecule has 3 nitrogen and oxygen atoms in total. The zero-order valence-electron chi connectivity index (χ0n) is 14.6. The molecule has 0 radical (unpaired) electrons. The lowest BCUT2D eigenvalue weighted by molar-refractivity contribution is -0.137. The largest absolute Gasteiger partial charge is 0.416 e. The molecule has 1 amide bonds. The van der Waals surface area contributed by atoms with Gasteiger partial charge in [-0.3, -0.25) is 9.69 Å². The molecule has 138 valence electrons. The minimum Gasteiger partial charge on any atom is -0.345 e. The van der Waals surface area contributed by atoms with Crippen molar-refractivity contribution in [2.45, 2.75) is 38.4 Å². The Kier molecular flexibility index (Phi) is 5.37. The molecule has 3 rings (SSSR count). The van der Waals surface area contributed by atoms with E-state index in [9.17, 15) is 18.0 Å². The van der Waals surface area contributed by atoms with Gasteiger partial charge < -0.3 is 4.90 Å². The fraction of sp³-hybridized carbons (Fsp3) is 0.632. The summed E-state index contributed by atoms with van der Waals surface area (Å²) < 4.78 is 37.8. The maximum Gasteiger partial charge on any atom is 0.416 e. The van der Waals surface area contributed by atoms with E-state index >= 15 is 0 Å². The van der Waals surface area contributed by atoms with Gasteiger partial charge in [-0.2, -0.15) is 13.2 Å². The van der Waals surface area contributed by atoms with E-state index in [1.807, 2.05) is 11.9 Å². The monoisotopic (exact) mass is 354 g/mol. The van der Waals surface area contributed by atoms with Gasteiger partial charge in [-0.15, -0.1) is 0 Å². The van der Waals surface area contributed by atoms with E-state index in [1.54, 1.807) is 12.1 Å². The van der Waals surface area contributed by atoms with E-state index in [0.717, 1.165) is 63.0 Å². The first-order chi connectivity index (χ1) is 11.8. The highest BCUT2D eigenvalue weighted by Crippen LogP contribution is 2.32. The van der Waals surface area contributed by atoms with E-state index in [4.69, 9.17) is 0 Å². The zero-order chi connectivity index (χ0) is 18.0. The highest BCUT2D eigenvalue weighted by atomic mass is 19.4. The first-order valence-corrected chi connectivity index (χ1v) is 8.96. The lowest BCUT2D eigenvalue weighted by Gasteiger charge is -2.34. The molecule has 1 heterocycles. The third kappa shape index (κ3) is 4.97. The summed E-state index contributed by atoms with van der Waals surface area (Å²) >= 11 is 0. The lowest BCUT2D eigenvalue weighted by atomic mass is 9.95. The third-order valence-corrected chi connectivity index (χ3v) is 5.23. The van der Waals surface area contributed by atoms with Gasteiger partial charge in [-0.25, -0.2) is 0 Å². The van der Waals surface area contributed by atoms with Crippen LogP contribution in [0.1, 0.15) is 36.8 Å². The van der Waals surface area contributed by atoms with Crippen LogP contribution < -0.4 is 0 Å². The molecule has 2 aliphatic rings. The molecule has 0 bridgehead atoms. The summed E-state index contributed by atoms with van der Waals surface area (Å²) in [5, 5.41) is 0. The summed E-state index contributed by atoms with van der Waals surface area (Å²) in [7, 11) is 1.90. The number of likely N-dealkylation sites (tertiary alicyclic amines) is 1. The van der Waals surface area contributed by atoms with Gasteiger partial charge in [0.25, 0.3) is 0 Å². The van der Waals surface area contributed by atoms with Gasteiger partial charge in [0.1, 0.15) is 0 Å². The summed E-state index contributed by atoms with van der Waals surface area (Å²) in [5.74, 6) is 1.08. The van der Waals surface area contributed by atoms with Crippen LogP contribution in [0.2, 0.25) is 0 Å². The Morgan fingerprint density at radius 1 is 1.12 bits per heavy atom. The Morgan fingerprint density at radius 2 is 1.72 bits per heavy atom. The zero-order valence-corrected chi connectivity index (χ0v) is 14.6. The summed E-state index contributed by atoms with van der Waals surface area (Å²) in [6.45, 7) is 3.36. The van der Waals surface area contributed by atoms with Gasteiger partial charge in [0.2, 0.25) is 5.91 Å². The van der Waals surface area contributed by atoms with Crippen molar-refractivity contribution in [2.24, 2.45) is 11.8 Å². The van der Waals surface area contributed by atoms with Crippen molar-refractivity contribution in [3.05, 3.63) is 35.4 Å². The van der Waals surface area contributed by atoms with Crippen molar-refractivity contribution in [1.82, 2.24) is 9.80 Å². The van der Waals surface area contributed by atoms with Gasteiger partial charge in [0, 0.05) is 26.1 Å². The van der Waals surface area contributed by atoms with Crippen LogP contribution in [0.25, 0.3) is 0 Å². The molecule has 2 fully saturated rings. The molecular formula is C19H25F3N2O. The third-order valence-electron chi connectivity index (χ3n) is 5.23. The van der Waals surface area contributed by atoms with E-state index in [-0.39, 0.29) is 11.8 Å². The summed E-state index contributed by atoms with van der Waals surface area (Å²) in [5.41, 5.74) is 0.311. The minimum atomic E-state index is -4.28. The second kappa shape index (κ2) is 7.36. The van der Waals surface area contributed by atoms with Crippen molar-refractivity contribution >= 4 is 5.91 Å². The van der Waals surface area contributed by atoms with Crippen molar-refractivity contribution < 1.29 is 18.0 Å². The standard InChI is InChI=1S/C19H25F3N2O/c1-23(18(25)16-4-5-16)12-15-8-10-24(11-9-15)13-14-2-6-17(7-3-14)19(20,21)22/h2-3,6-7,15-16H,4-5,8-13H2,1H3. The number of halogens is 3. The van der Waals surface area contributed by atoms with Crippen LogP contribution in [0.5, 0.6) is 0 Å². The van der Waals surface area contributed by atoms with Crippen LogP contribution >= 0.6 is 0 Å². The van der Waals surface area contributed by atoms with Crippen LogP contribution in [-0.4, -0.2) is 42.4 Å². The number of carbonyl (C=O) groups is 1. The number of alkyl halides is 3. The highest BCUT2D eigenvalue weighted by molar-refractivity contribution is 5.80. The smallest absolute Gasteiger partial charge is 0.345 e. The van der Waals surface area contributed by atoms with E-state index in [0.29, 0.717) is 12.5 Å². The predicted molar refractivity (Wildman–Crippen MR) is 89.8 cm³/mol. The summed E-state index contributed by atoms with van der Waals surface area (Å²) in [6.07, 6.45) is -0.143. The number of hydrogen-bond donors (Lipinski definition) is 0. The Bertz CT molecular complexity index is 588. The maximum absolute atomic E-state index is 12.6. The summed E-state index contributed by atoms with van der Waals surface area (Å²) in [4.78, 5) is 16.2. The van der Waals surface area contributed by atoms with Crippen LogP contribution in [0.15, 0.2) is 24.3 Å². The van der Waals surface area contributed by atoms with Crippen LogP contribution in [0.4, 0.5) is 13.2 Å². The highest BCUT2D eigenvalue weighted by Gasteiger charge is 2.33. The molecule has 1 aromatic carbocycles. The number of carbonyl (C=O) groups excluding carboxylic acids is 1. The fourth-order valence-corrected chi connectivity index (χ4v) is 3.50. The molecular weight excluding hydrogens is 329 g/mol. The van der Waals surface area contributed by atoms with Crippen molar-refractivity contribution in [3.63, 3.8) is 0 Å². The van der Waals surface area contributed by atoms with Crippen molar-refractivity contribution in [3.8, 4) is 0 Å². The Hall–Kier alpha value is -1.56. The Morgan fingerprint density at radius 3 is 2.24 bits per heavy atom. The second-order valence-electron chi connectivity index (χ2n) is 7.41. The normalized spacial score (nSPS) is 19.8. The molecule has 1 aliphatic heterocycles. The van der Waals surface area contributed by atoms with Gasteiger partial charge in [-0.05, 0) is 62.4 Å². The predicted octanol–water partition coefficient (Wildman–Crippen LogP) is 3.79. The van der Waals surface area contributed by atoms with Crippen LogP contribution in [0, 0.1) is 11.8 Å². The molecule has 0 unspecified atom stereocenters. The first kappa shape index (κ1) is 18.2. The molecule has 0 aromatic heterocycles. The molecule has 25 heavy (non-hydrogen) atoms. The average Bonchev–Trinajstić information content (AvgIpc) is 3.40. The lowest BCUT2D eigenvalue weighted by Crippen LogP contribution is -2.39. The molecule has 0 N–H and O–H groups in total. The number of hydrogen-bond acceptors (Lipinski definition) is 2. The van der Waals surface area contributed by atoms with E-state index in [2.05, 4.69) is 4.90 Å². The number of amides is 1. The van der Waals surface area contributed by atoms with Crippen LogP contribution in [0.3, 0.4) is 0 Å². The van der Waals surface area contributed by atoms with Gasteiger partial charge in [0.05, 0.1) is 5.56 Å². The van der Waals surface area contributed by atoms with Gasteiger partial charge >= 0.3 is 6.18 Å². The van der Waals surface area contributed by atoms with E-state index in [1.165, 1.54) is 0 Å². The molecule has 0 atom stereocenters. The minimum absolute atomic E-state index is 0.268. The second-order valence-corrected chi connectivity index (χ2v) is 7.41. The summed E-state index contributed by atoms with van der Waals surface area (Å²) in [6, 6.07) is 5.44. The van der Waals surface area contributed by atoms with Crippen molar-refractivity contribution in [1.29, 1.82) is 0 Å². The molecule has 1 saturated heterocycles. The quantitative estimate of drug-likeness (QED) is 0.803. The van der Waals surface area contributed by atoms with Gasteiger partial charge in [0.15, 0.2) is 0 Å². The van der Waals surface area contributed by atoms with Gasteiger partial charge in [-0.1, -0.05) is 12.1 Å². The topological polar surface area (TPSA) is 23.6 Å². The molecule has 1 aromatic rings. The number of nitrogens with zero attached hydrogens (tertiary/aromatic N) is 2. The average molecular weight is 354 g/mol. The molecule has 0 spiro atoms. The number of rotatable bonds is 5. The fourth-order valence-electron chi connectivity index (χ4n) is 3.50. The number of benzene rings is 1. The van der Waals surface area contributed by atoms with Crippen molar-refractivity contribution in [2.75, 3.05) is 26.7 Å². The SMILES string of the molecule is CN(CC1CCN(Cc2ccc(C(F)(F)F)cc2)CC1)C(=O)C1CC1. The van der Waals surface area contributed by atoms with E-state index < -0.39 is 11.7 Å². The molecule has 1 saturated carbocycles. The number of piperidine rings is 1.